The van der Waals surface area contributed by atoms with Gasteiger partial charge in [0, 0.05) is 6.42 Å². The minimum absolute atomic E-state index is 0.0338. The van der Waals surface area contributed by atoms with Crippen molar-refractivity contribution < 1.29 is 19.3 Å². The van der Waals surface area contributed by atoms with Gasteiger partial charge in [-0.3, -0.25) is 0 Å². The van der Waals surface area contributed by atoms with Crippen LogP contribution in [0.3, 0.4) is 0 Å². The second-order valence-electron chi connectivity index (χ2n) is 5.87. The molecule has 0 amide bonds. The van der Waals surface area contributed by atoms with Gasteiger partial charge in [0.05, 0.1) is 6.61 Å². The van der Waals surface area contributed by atoms with Crippen LogP contribution >= 0.6 is 0 Å². The fourth-order valence-corrected chi connectivity index (χ4v) is 1.48. The van der Waals surface area contributed by atoms with Gasteiger partial charge in [0.15, 0.2) is 0 Å². The van der Waals surface area contributed by atoms with E-state index >= 15 is 0 Å². The smallest absolute Gasteiger partial charge is 0.372 e. The zero-order valence-corrected chi connectivity index (χ0v) is 11.4. The Morgan fingerprint density at radius 3 is 2.29 bits per heavy atom. The van der Waals surface area contributed by atoms with E-state index in [-0.39, 0.29) is 11.4 Å². The maximum absolute atomic E-state index is 11.8. The van der Waals surface area contributed by atoms with Crippen LogP contribution in [-0.4, -0.2) is 18.4 Å². The van der Waals surface area contributed by atoms with Gasteiger partial charge in [0.2, 0.25) is 0 Å². The van der Waals surface area contributed by atoms with Crippen LogP contribution in [0.4, 0.5) is 0 Å². The molecule has 0 aliphatic carbocycles. The van der Waals surface area contributed by atoms with Gasteiger partial charge in [0.1, 0.15) is 0 Å². The van der Waals surface area contributed by atoms with E-state index in [2.05, 4.69) is 6.92 Å². The molecule has 4 heteroatoms. The molecule has 17 heavy (non-hydrogen) atoms. The Bertz CT molecular complexity index is 251. The van der Waals surface area contributed by atoms with E-state index in [0.717, 1.165) is 12.8 Å². The van der Waals surface area contributed by atoms with Crippen molar-refractivity contribution in [1.82, 2.24) is 0 Å². The molecule has 0 aromatic rings. The first kappa shape index (κ1) is 14.5. The molecular formula is C13H24O4. The quantitative estimate of drug-likeness (QED) is 0.299. The summed E-state index contributed by atoms with van der Waals surface area (Å²) in [5, 5.41) is 0. The van der Waals surface area contributed by atoms with E-state index < -0.39 is 5.79 Å². The first-order chi connectivity index (χ1) is 7.90. The minimum atomic E-state index is -1.08. The van der Waals surface area contributed by atoms with Crippen LogP contribution in [0.15, 0.2) is 0 Å². The Labute approximate surface area is 104 Å². The van der Waals surface area contributed by atoms with Crippen LogP contribution in [-0.2, 0) is 19.3 Å². The Hall–Kier alpha value is -0.610. The fourth-order valence-electron chi connectivity index (χ4n) is 1.48. The highest BCUT2D eigenvalue weighted by molar-refractivity contribution is 5.79. The third-order valence-electron chi connectivity index (χ3n) is 2.59. The first-order valence-electron chi connectivity index (χ1n) is 6.44. The van der Waals surface area contributed by atoms with E-state index in [1.807, 2.05) is 20.8 Å². The predicted octanol–water partition coefficient (Wildman–Crippen LogP) is 3.20. The van der Waals surface area contributed by atoms with Gasteiger partial charge >= 0.3 is 11.8 Å². The van der Waals surface area contributed by atoms with Crippen molar-refractivity contribution in [1.29, 1.82) is 0 Å². The van der Waals surface area contributed by atoms with Gasteiger partial charge < -0.3 is 4.74 Å². The lowest BCUT2D eigenvalue weighted by atomic mass is 9.98. The lowest BCUT2D eigenvalue weighted by molar-refractivity contribution is -0.154. The zero-order chi connectivity index (χ0) is 12.9. The maximum atomic E-state index is 11.8. The lowest BCUT2D eigenvalue weighted by Crippen LogP contribution is -2.30. The molecular weight excluding hydrogens is 220 g/mol. The van der Waals surface area contributed by atoms with Crippen molar-refractivity contribution in [3.8, 4) is 0 Å². The second kappa shape index (κ2) is 5.83. The van der Waals surface area contributed by atoms with Crippen LogP contribution in [0.2, 0.25) is 0 Å². The van der Waals surface area contributed by atoms with Gasteiger partial charge in [-0.2, -0.15) is 9.78 Å². The van der Waals surface area contributed by atoms with Gasteiger partial charge in [-0.25, -0.2) is 4.79 Å². The largest absolute Gasteiger partial charge is 0.461 e. The Balaban J connectivity index is 2.25. The monoisotopic (exact) mass is 244 g/mol. The molecule has 0 aromatic heterocycles. The van der Waals surface area contributed by atoms with Crippen molar-refractivity contribution in [2.45, 2.75) is 65.6 Å². The molecule has 0 spiro atoms. The third-order valence-corrected chi connectivity index (χ3v) is 2.59. The highest BCUT2D eigenvalue weighted by Crippen LogP contribution is 2.37. The molecule has 1 rings (SSSR count). The van der Waals surface area contributed by atoms with Crippen LogP contribution in [0.1, 0.15) is 59.8 Å². The Morgan fingerprint density at radius 1 is 1.18 bits per heavy atom. The van der Waals surface area contributed by atoms with Crippen LogP contribution in [0.25, 0.3) is 0 Å². The summed E-state index contributed by atoms with van der Waals surface area (Å²) in [4.78, 5) is 21.4. The molecule has 1 fully saturated rings. The van der Waals surface area contributed by atoms with Gasteiger partial charge in [0.25, 0.3) is 0 Å². The van der Waals surface area contributed by atoms with E-state index in [1.165, 1.54) is 12.8 Å². The molecule has 0 bridgehead atoms. The molecule has 0 aromatic carbocycles. The van der Waals surface area contributed by atoms with Gasteiger partial charge in [-0.1, -0.05) is 47.0 Å². The summed E-state index contributed by atoms with van der Waals surface area (Å²) in [7, 11) is 0. The van der Waals surface area contributed by atoms with Crippen LogP contribution in [0, 0.1) is 5.41 Å². The summed E-state index contributed by atoms with van der Waals surface area (Å²) >= 11 is 0. The molecule has 1 saturated heterocycles. The molecule has 100 valence electrons. The van der Waals surface area contributed by atoms with Crippen LogP contribution < -0.4 is 0 Å². The summed E-state index contributed by atoms with van der Waals surface area (Å²) in [6, 6.07) is 0. The molecule has 0 saturated carbocycles. The summed E-state index contributed by atoms with van der Waals surface area (Å²) in [6.07, 6.45) is 4.96. The summed E-state index contributed by atoms with van der Waals surface area (Å²) in [6.45, 7) is 8.58. The number of esters is 1. The summed E-state index contributed by atoms with van der Waals surface area (Å²) in [5.41, 5.74) is -0.0338. The zero-order valence-electron chi connectivity index (χ0n) is 11.4. The molecule has 1 aliphatic heterocycles. The number of carbonyl (C=O) groups is 1. The van der Waals surface area contributed by atoms with Crippen molar-refractivity contribution in [2.24, 2.45) is 5.41 Å². The number of ether oxygens (including phenoxy) is 1. The SMILES string of the molecule is CCCCCCC1(C(=O)OCC(C)(C)C)OO1. The Morgan fingerprint density at radius 2 is 1.82 bits per heavy atom. The van der Waals surface area contributed by atoms with Crippen molar-refractivity contribution in [3.63, 3.8) is 0 Å². The first-order valence-corrected chi connectivity index (χ1v) is 6.44. The fraction of sp³-hybridized carbons (Fsp3) is 0.923. The second-order valence-corrected chi connectivity index (χ2v) is 5.87. The number of carbonyl (C=O) groups excluding carboxylic acids is 1. The van der Waals surface area contributed by atoms with Crippen molar-refractivity contribution in [3.05, 3.63) is 0 Å². The van der Waals surface area contributed by atoms with Crippen molar-refractivity contribution >= 4 is 5.97 Å². The molecule has 0 atom stereocenters. The highest BCUT2D eigenvalue weighted by Gasteiger charge is 2.57. The predicted molar refractivity (Wildman–Crippen MR) is 64.1 cm³/mol. The number of hydrogen-bond acceptors (Lipinski definition) is 4. The lowest BCUT2D eigenvalue weighted by Gasteiger charge is -2.18. The van der Waals surface area contributed by atoms with Crippen LogP contribution in [0.5, 0.6) is 0 Å². The molecule has 4 nitrogen and oxygen atoms in total. The van der Waals surface area contributed by atoms with E-state index in [4.69, 9.17) is 14.5 Å². The number of rotatable bonds is 7. The van der Waals surface area contributed by atoms with E-state index in [1.54, 1.807) is 0 Å². The molecule has 1 aliphatic rings. The number of unbranched alkanes of at least 4 members (excludes halogenated alkanes) is 3. The maximum Gasteiger partial charge on any atom is 0.372 e. The van der Waals surface area contributed by atoms with Crippen molar-refractivity contribution in [2.75, 3.05) is 6.61 Å². The summed E-state index contributed by atoms with van der Waals surface area (Å²) in [5.74, 6) is -1.47. The standard InChI is InChI=1S/C13H24O4/c1-5-6-7-8-9-13(16-17-13)11(14)15-10-12(2,3)4/h5-10H2,1-4H3. The molecule has 0 unspecified atom stereocenters. The van der Waals surface area contributed by atoms with E-state index in [0.29, 0.717) is 13.0 Å². The third kappa shape index (κ3) is 5.04. The minimum Gasteiger partial charge on any atom is -0.461 e. The van der Waals surface area contributed by atoms with Gasteiger partial charge in [-0.05, 0) is 11.8 Å². The Kier molecular flexibility index (Phi) is 4.95. The molecule has 0 radical (unpaired) electrons. The van der Waals surface area contributed by atoms with Gasteiger partial charge in [-0.15, -0.1) is 0 Å². The number of hydrogen-bond donors (Lipinski definition) is 0. The normalized spacial score (nSPS) is 17.9. The topological polar surface area (TPSA) is 51.4 Å². The molecule has 1 heterocycles. The molecule has 0 N–H and O–H groups in total. The van der Waals surface area contributed by atoms with E-state index in [9.17, 15) is 4.79 Å². The average Bonchev–Trinajstić information content (AvgIpc) is 3.01. The average molecular weight is 244 g/mol. The highest BCUT2D eigenvalue weighted by atomic mass is 17.4. The summed E-state index contributed by atoms with van der Waals surface area (Å²) < 4.78 is 5.20.